The molecule has 3 aromatic carbocycles. The van der Waals surface area contributed by atoms with Crippen LogP contribution in [-0.2, 0) is 26.8 Å². The molecule has 0 aliphatic rings. The molecule has 13 heteroatoms. The first-order valence-electron chi connectivity index (χ1n) is 17.2. The molecule has 0 spiro atoms. The summed E-state index contributed by atoms with van der Waals surface area (Å²) in [7, 11) is 6.16. The molecule has 0 radical (unpaired) electrons. The number of carboxylic acids is 1. The topological polar surface area (TPSA) is 81.4 Å². The fourth-order valence-electron chi connectivity index (χ4n) is 6.05. The molecule has 4 aromatic rings. The summed E-state index contributed by atoms with van der Waals surface area (Å²) in [6.45, 7) is 4.99. The van der Waals surface area contributed by atoms with Crippen LogP contribution in [0.15, 0.2) is 70.8 Å². The minimum Gasteiger partial charge on any atom is -0.495 e. The van der Waals surface area contributed by atoms with Gasteiger partial charge in [0.2, 0.25) is 0 Å². The molecule has 282 valence electrons. The van der Waals surface area contributed by atoms with Crippen LogP contribution < -0.4 is 4.74 Å². The lowest BCUT2D eigenvalue weighted by atomic mass is 9.81. The number of halogens is 4. The Balaban J connectivity index is 1.59. The van der Waals surface area contributed by atoms with Crippen molar-refractivity contribution in [2.45, 2.75) is 85.3 Å². The van der Waals surface area contributed by atoms with Gasteiger partial charge in [-0.1, -0.05) is 49.7 Å². The van der Waals surface area contributed by atoms with Crippen molar-refractivity contribution < 1.29 is 36.5 Å². The lowest BCUT2D eigenvalue weighted by molar-refractivity contribution is -0.870. The van der Waals surface area contributed by atoms with Gasteiger partial charge in [0.05, 0.1) is 62.5 Å². The molecule has 1 heterocycles. The van der Waals surface area contributed by atoms with Crippen LogP contribution in [0.5, 0.6) is 5.75 Å². The summed E-state index contributed by atoms with van der Waals surface area (Å²) < 4.78 is 67.2. The van der Waals surface area contributed by atoms with Crippen molar-refractivity contribution in [3.63, 3.8) is 0 Å². The average molecular weight is 779 g/mol. The molecule has 0 aliphatic carbocycles. The first-order chi connectivity index (χ1) is 24.5. The average Bonchev–Trinajstić information content (AvgIpc) is 3.51. The van der Waals surface area contributed by atoms with Gasteiger partial charge in [-0.3, -0.25) is 13.6 Å². The number of methoxy groups -OCH3 is 1. The molecular weight excluding hydrogens is 731 g/mol. The standard InChI is InChI=1S/C39H47ClF3N3O4S2/c1-39(2,26-14-19-32(40)35(21-26)50-6)36-24-44-38(45(36)28-17-15-27(41)16-18-28)51-25-31-33(42)22-30(23-34(31)43)52(49)29(12-10-13-37(47)48)11-8-7-9-20-46(3,4)5/h14-19,21-24,29H,7-13,20,25H2,1-6H3/p+1. The van der Waals surface area contributed by atoms with Gasteiger partial charge in [-0.25, -0.2) is 18.2 Å². The van der Waals surface area contributed by atoms with E-state index in [1.54, 1.807) is 24.4 Å². The smallest absolute Gasteiger partial charge is 0.303 e. The number of quaternary nitrogens is 1. The van der Waals surface area contributed by atoms with E-state index in [-0.39, 0.29) is 22.6 Å². The number of ether oxygens (including phenoxy) is 1. The highest BCUT2D eigenvalue weighted by atomic mass is 35.5. The molecule has 0 saturated carbocycles. The second-order valence-electron chi connectivity index (χ2n) is 14.4. The number of nitrogens with zero attached hydrogens (tertiary/aromatic N) is 3. The van der Waals surface area contributed by atoms with Crippen molar-refractivity contribution in [3.8, 4) is 11.4 Å². The summed E-state index contributed by atoms with van der Waals surface area (Å²) in [6.07, 6.45) is 5.60. The molecule has 52 heavy (non-hydrogen) atoms. The molecule has 0 saturated heterocycles. The number of imidazole rings is 1. The second-order valence-corrected chi connectivity index (χ2v) is 17.5. The van der Waals surface area contributed by atoms with E-state index >= 15 is 8.78 Å². The van der Waals surface area contributed by atoms with Crippen LogP contribution >= 0.6 is 23.4 Å². The van der Waals surface area contributed by atoms with E-state index in [2.05, 4.69) is 26.1 Å². The van der Waals surface area contributed by atoms with Crippen molar-refractivity contribution in [2.24, 2.45) is 0 Å². The Kier molecular flexibility index (Phi) is 14.5. The third-order valence-corrected chi connectivity index (χ3v) is 12.2. The number of benzene rings is 3. The van der Waals surface area contributed by atoms with Crippen molar-refractivity contribution in [1.82, 2.24) is 9.55 Å². The lowest BCUT2D eigenvalue weighted by Crippen LogP contribution is -2.35. The van der Waals surface area contributed by atoms with E-state index in [1.807, 2.05) is 30.5 Å². The highest BCUT2D eigenvalue weighted by Crippen LogP contribution is 2.39. The molecule has 4 rings (SSSR count). The number of carboxylic acid groups (broad SMARTS) is 1. The Bertz CT molecular complexity index is 1840. The van der Waals surface area contributed by atoms with Gasteiger partial charge >= 0.3 is 5.97 Å². The Morgan fingerprint density at radius 1 is 1.00 bits per heavy atom. The van der Waals surface area contributed by atoms with Gasteiger partial charge in [0.15, 0.2) is 5.16 Å². The molecule has 1 N–H and O–H groups in total. The summed E-state index contributed by atoms with van der Waals surface area (Å²) >= 11 is 7.42. The number of rotatable bonds is 19. The van der Waals surface area contributed by atoms with E-state index in [4.69, 9.17) is 21.4 Å². The highest BCUT2D eigenvalue weighted by Gasteiger charge is 2.31. The number of aliphatic carboxylic acids is 1. The quantitative estimate of drug-likeness (QED) is 0.0581. The zero-order valence-electron chi connectivity index (χ0n) is 30.6. The molecule has 0 bridgehead atoms. The fraction of sp³-hybridized carbons (Fsp3) is 0.436. The SMILES string of the molecule is COc1cc(C(C)(C)c2cnc(SCc3c(F)cc(S(=O)C(CCCCC[N+](C)(C)C)CCCC(=O)O)cc3F)n2-c2ccc(F)cc2)ccc1Cl. The minimum absolute atomic E-state index is 0.0469. The van der Waals surface area contributed by atoms with Crippen LogP contribution in [0.2, 0.25) is 5.02 Å². The Labute approximate surface area is 316 Å². The molecule has 2 atom stereocenters. The van der Waals surface area contributed by atoms with Crippen molar-refractivity contribution in [3.05, 3.63) is 100 Å². The Hall–Kier alpha value is -3.32. The van der Waals surface area contributed by atoms with Crippen LogP contribution in [-0.4, -0.2) is 69.4 Å². The van der Waals surface area contributed by atoms with E-state index in [9.17, 15) is 13.4 Å². The van der Waals surface area contributed by atoms with Crippen molar-refractivity contribution in [1.29, 1.82) is 0 Å². The predicted octanol–water partition coefficient (Wildman–Crippen LogP) is 9.57. The monoisotopic (exact) mass is 778 g/mol. The molecule has 7 nitrogen and oxygen atoms in total. The van der Waals surface area contributed by atoms with Crippen molar-refractivity contribution in [2.75, 3.05) is 34.8 Å². The number of unbranched alkanes of at least 4 members (excludes halogenated alkanes) is 2. The first-order valence-corrected chi connectivity index (χ1v) is 19.8. The van der Waals surface area contributed by atoms with Gasteiger partial charge < -0.3 is 14.3 Å². The maximum absolute atomic E-state index is 15.7. The third-order valence-electron chi connectivity index (χ3n) is 9.09. The van der Waals surface area contributed by atoms with Crippen molar-refractivity contribution >= 4 is 40.1 Å². The molecule has 2 unspecified atom stereocenters. The van der Waals surface area contributed by atoms with Gasteiger partial charge in [0, 0.05) is 39.0 Å². The van der Waals surface area contributed by atoms with E-state index in [1.165, 1.54) is 19.2 Å². The summed E-state index contributed by atoms with van der Waals surface area (Å²) in [5, 5.41) is 9.62. The number of thioether (sulfide) groups is 1. The van der Waals surface area contributed by atoms with Gasteiger partial charge in [0.1, 0.15) is 23.2 Å². The molecule has 1 aromatic heterocycles. The summed E-state index contributed by atoms with van der Waals surface area (Å²) in [4.78, 5) is 15.9. The normalized spacial score (nSPS) is 13.3. The Morgan fingerprint density at radius 2 is 1.65 bits per heavy atom. The van der Waals surface area contributed by atoms with Crippen LogP contribution in [0.1, 0.15) is 75.6 Å². The fourth-order valence-corrected chi connectivity index (χ4v) is 8.84. The van der Waals surface area contributed by atoms with Gasteiger partial charge in [-0.05, 0) is 86.2 Å². The molecule has 0 aliphatic heterocycles. The zero-order valence-corrected chi connectivity index (χ0v) is 32.9. The van der Waals surface area contributed by atoms with Crippen LogP contribution in [0.25, 0.3) is 5.69 Å². The predicted molar refractivity (Wildman–Crippen MR) is 203 cm³/mol. The third kappa shape index (κ3) is 10.9. The maximum atomic E-state index is 15.7. The maximum Gasteiger partial charge on any atom is 0.303 e. The van der Waals surface area contributed by atoms with Crippen LogP contribution in [0, 0.1) is 17.5 Å². The number of aromatic nitrogens is 2. The van der Waals surface area contributed by atoms with Crippen LogP contribution in [0.4, 0.5) is 13.2 Å². The van der Waals surface area contributed by atoms with E-state index in [0.717, 1.165) is 65.4 Å². The first kappa shape index (κ1) is 41.4. The summed E-state index contributed by atoms with van der Waals surface area (Å²) in [6, 6.07) is 13.6. The van der Waals surface area contributed by atoms with E-state index in [0.29, 0.717) is 40.9 Å². The molecule has 0 amide bonds. The van der Waals surface area contributed by atoms with E-state index < -0.39 is 44.9 Å². The van der Waals surface area contributed by atoms with Crippen LogP contribution in [0.3, 0.4) is 0 Å². The number of carbonyl (C=O) groups is 1. The molecular formula is C39H48ClF3N3O4S2+. The largest absolute Gasteiger partial charge is 0.495 e. The lowest BCUT2D eigenvalue weighted by Gasteiger charge is -2.28. The Morgan fingerprint density at radius 3 is 2.27 bits per heavy atom. The second kappa shape index (κ2) is 18.1. The zero-order chi connectivity index (χ0) is 38.2. The minimum atomic E-state index is -1.73. The molecule has 0 fully saturated rings. The van der Waals surface area contributed by atoms with Gasteiger partial charge in [0.25, 0.3) is 0 Å². The summed E-state index contributed by atoms with van der Waals surface area (Å²) in [5.74, 6) is -2.61. The number of hydrogen-bond acceptors (Lipinski definition) is 5. The summed E-state index contributed by atoms with van der Waals surface area (Å²) in [5.41, 5.74) is 1.38. The van der Waals surface area contributed by atoms with Gasteiger partial charge in [-0.2, -0.15) is 0 Å². The number of hydrogen-bond donors (Lipinski definition) is 1. The van der Waals surface area contributed by atoms with Gasteiger partial charge in [-0.15, -0.1) is 0 Å². The highest BCUT2D eigenvalue weighted by molar-refractivity contribution is 7.98.